The van der Waals surface area contributed by atoms with E-state index >= 15 is 0 Å². The maximum absolute atomic E-state index is 12.5. The van der Waals surface area contributed by atoms with Crippen LogP contribution in [0.5, 0.6) is 0 Å². The lowest BCUT2D eigenvalue weighted by molar-refractivity contribution is 0.102. The molecule has 2 heterocycles. The van der Waals surface area contributed by atoms with Gasteiger partial charge in [0.2, 0.25) is 4.96 Å². The van der Waals surface area contributed by atoms with Crippen molar-refractivity contribution in [3.8, 4) is 0 Å². The van der Waals surface area contributed by atoms with E-state index in [1.165, 1.54) is 22.0 Å². The quantitative estimate of drug-likeness (QED) is 0.781. The Morgan fingerprint density at radius 3 is 2.52 bits per heavy atom. The summed E-state index contributed by atoms with van der Waals surface area (Å²) >= 11 is 1.37. The standard InChI is InChI=1S/C18H20N4O2S/c1-5-14-21-22-16(24)13(10-19-17(22)25-14)20-15(23)11-6-8-12(9-7-11)18(2,3)4/h6-10H,5H2,1-4H3,(H,20,23). The lowest BCUT2D eigenvalue weighted by atomic mass is 9.87. The van der Waals surface area contributed by atoms with Crippen LogP contribution in [0.3, 0.4) is 0 Å². The zero-order chi connectivity index (χ0) is 18.2. The lowest BCUT2D eigenvalue weighted by Crippen LogP contribution is -2.23. The van der Waals surface area contributed by atoms with Gasteiger partial charge >= 0.3 is 0 Å². The van der Waals surface area contributed by atoms with Gasteiger partial charge in [0.15, 0.2) is 0 Å². The molecule has 0 aliphatic carbocycles. The first-order valence-electron chi connectivity index (χ1n) is 8.09. The van der Waals surface area contributed by atoms with Gasteiger partial charge in [0, 0.05) is 5.56 Å². The molecule has 0 atom stereocenters. The minimum absolute atomic E-state index is 0.0182. The molecule has 0 saturated carbocycles. The molecule has 130 valence electrons. The van der Waals surface area contributed by atoms with Crippen molar-refractivity contribution in [1.82, 2.24) is 14.6 Å². The van der Waals surface area contributed by atoms with E-state index < -0.39 is 0 Å². The number of amides is 1. The molecule has 0 aliphatic rings. The number of aryl methyl sites for hydroxylation is 1. The van der Waals surface area contributed by atoms with Crippen LogP contribution in [-0.2, 0) is 11.8 Å². The Bertz CT molecular complexity index is 981. The zero-order valence-electron chi connectivity index (χ0n) is 14.7. The van der Waals surface area contributed by atoms with Crippen LogP contribution in [-0.4, -0.2) is 20.5 Å². The molecule has 1 amide bonds. The number of benzene rings is 1. The molecule has 0 aliphatic heterocycles. The number of nitrogens with zero attached hydrogens (tertiary/aromatic N) is 3. The zero-order valence-corrected chi connectivity index (χ0v) is 15.5. The Morgan fingerprint density at radius 2 is 1.92 bits per heavy atom. The topological polar surface area (TPSA) is 76.4 Å². The number of carbonyl (C=O) groups excluding carboxylic acids is 1. The SMILES string of the molecule is CCc1nn2c(=O)c(NC(=O)c3ccc(C(C)(C)C)cc3)cnc2s1. The number of hydrogen-bond acceptors (Lipinski definition) is 5. The van der Waals surface area contributed by atoms with E-state index in [-0.39, 0.29) is 22.6 Å². The number of hydrogen-bond donors (Lipinski definition) is 1. The van der Waals surface area contributed by atoms with Crippen LogP contribution < -0.4 is 10.9 Å². The summed E-state index contributed by atoms with van der Waals surface area (Å²) in [6.45, 7) is 8.31. The molecular formula is C18H20N4O2S. The predicted octanol–water partition coefficient (Wildman–Crippen LogP) is 3.26. The average molecular weight is 356 g/mol. The van der Waals surface area contributed by atoms with Crippen molar-refractivity contribution in [1.29, 1.82) is 0 Å². The fourth-order valence-corrected chi connectivity index (χ4v) is 3.16. The molecule has 0 bridgehead atoms. The number of nitrogens with one attached hydrogen (secondary N) is 1. The third kappa shape index (κ3) is 3.46. The smallest absolute Gasteiger partial charge is 0.298 e. The third-order valence-corrected chi connectivity index (χ3v) is 4.96. The van der Waals surface area contributed by atoms with Gasteiger partial charge in [-0.1, -0.05) is 51.2 Å². The van der Waals surface area contributed by atoms with E-state index in [0.717, 1.165) is 17.0 Å². The van der Waals surface area contributed by atoms with Gasteiger partial charge in [-0.2, -0.15) is 9.61 Å². The van der Waals surface area contributed by atoms with E-state index in [9.17, 15) is 9.59 Å². The van der Waals surface area contributed by atoms with Gasteiger partial charge in [0.25, 0.3) is 11.5 Å². The largest absolute Gasteiger partial charge is 0.316 e. The Kier molecular flexibility index (Phi) is 4.43. The van der Waals surface area contributed by atoms with Crippen molar-refractivity contribution >= 4 is 27.9 Å². The summed E-state index contributed by atoms with van der Waals surface area (Å²) in [5.74, 6) is -0.342. The molecule has 25 heavy (non-hydrogen) atoms. The van der Waals surface area contributed by atoms with Crippen molar-refractivity contribution in [3.05, 3.63) is 57.0 Å². The summed E-state index contributed by atoms with van der Waals surface area (Å²) in [5.41, 5.74) is 1.40. The van der Waals surface area contributed by atoms with Crippen LogP contribution in [0.4, 0.5) is 5.69 Å². The van der Waals surface area contributed by atoms with Crippen molar-refractivity contribution in [2.45, 2.75) is 39.5 Å². The van der Waals surface area contributed by atoms with Gasteiger partial charge in [0.05, 0.1) is 6.20 Å². The first-order chi connectivity index (χ1) is 11.8. The Labute approximate surface area is 149 Å². The number of carbonyl (C=O) groups is 1. The number of rotatable bonds is 3. The summed E-state index contributed by atoms with van der Waals surface area (Å²) < 4.78 is 1.24. The first kappa shape index (κ1) is 17.3. The van der Waals surface area contributed by atoms with E-state index in [4.69, 9.17) is 0 Å². The molecule has 3 rings (SSSR count). The lowest BCUT2D eigenvalue weighted by Gasteiger charge is -2.19. The van der Waals surface area contributed by atoms with E-state index in [0.29, 0.717) is 10.5 Å². The molecule has 0 fully saturated rings. The molecule has 1 N–H and O–H groups in total. The number of aromatic nitrogens is 3. The van der Waals surface area contributed by atoms with Crippen LogP contribution in [0, 0.1) is 0 Å². The van der Waals surface area contributed by atoms with Crippen LogP contribution >= 0.6 is 11.3 Å². The van der Waals surface area contributed by atoms with Gasteiger partial charge in [-0.05, 0) is 29.5 Å². The molecule has 1 aromatic carbocycles. The Hall–Kier alpha value is -2.54. The molecule has 0 radical (unpaired) electrons. The van der Waals surface area contributed by atoms with E-state index in [1.807, 2.05) is 19.1 Å². The first-order valence-corrected chi connectivity index (χ1v) is 8.91. The summed E-state index contributed by atoms with van der Waals surface area (Å²) in [6.07, 6.45) is 2.12. The molecule has 2 aromatic heterocycles. The minimum Gasteiger partial charge on any atom is -0.316 e. The normalized spacial score (nSPS) is 11.7. The molecule has 0 spiro atoms. The summed E-state index contributed by atoms with van der Waals surface area (Å²) in [7, 11) is 0. The highest BCUT2D eigenvalue weighted by Crippen LogP contribution is 2.22. The molecule has 6 nitrogen and oxygen atoms in total. The van der Waals surface area contributed by atoms with Gasteiger partial charge in [-0.15, -0.1) is 0 Å². The van der Waals surface area contributed by atoms with Crippen molar-refractivity contribution in [3.63, 3.8) is 0 Å². The third-order valence-electron chi connectivity index (χ3n) is 3.89. The highest BCUT2D eigenvalue weighted by Gasteiger charge is 2.16. The Morgan fingerprint density at radius 1 is 1.24 bits per heavy atom. The summed E-state index contributed by atoms with van der Waals surface area (Å²) in [6, 6.07) is 7.38. The van der Waals surface area contributed by atoms with Gasteiger partial charge in [-0.25, -0.2) is 4.98 Å². The average Bonchev–Trinajstić information content (AvgIpc) is 3.01. The van der Waals surface area contributed by atoms with Gasteiger partial charge in [-0.3, -0.25) is 9.59 Å². The van der Waals surface area contributed by atoms with E-state index in [1.54, 1.807) is 12.1 Å². The highest BCUT2D eigenvalue weighted by molar-refractivity contribution is 7.16. The van der Waals surface area contributed by atoms with Crippen molar-refractivity contribution < 1.29 is 4.79 Å². The summed E-state index contributed by atoms with van der Waals surface area (Å²) in [4.78, 5) is 29.6. The predicted molar refractivity (Wildman–Crippen MR) is 99.6 cm³/mol. The second kappa shape index (κ2) is 6.40. The number of anilines is 1. The van der Waals surface area contributed by atoms with Crippen molar-refractivity contribution in [2.75, 3.05) is 5.32 Å². The van der Waals surface area contributed by atoms with Crippen LogP contribution in [0.25, 0.3) is 4.96 Å². The maximum atomic E-state index is 12.5. The van der Waals surface area contributed by atoms with Crippen LogP contribution in [0.1, 0.15) is 48.6 Å². The molecular weight excluding hydrogens is 336 g/mol. The van der Waals surface area contributed by atoms with Crippen LogP contribution in [0.2, 0.25) is 0 Å². The fourth-order valence-electron chi connectivity index (χ4n) is 2.37. The minimum atomic E-state index is -0.374. The monoisotopic (exact) mass is 356 g/mol. The Balaban J connectivity index is 1.87. The molecule has 0 saturated heterocycles. The van der Waals surface area contributed by atoms with Crippen LogP contribution in [0.15, 0.2) is 35.3 Å². The van der Waals surface area contributed by atoms with Gasteiger partial charge in [0.1, 0.15) is 10.7 Å². The second-order valence-electron chi connectivity index (χ2n) is 6.80. The summed E-state index contributed by atoms with van der Waals surface area (Å²) in [5, 5.41) is 7.68. The molecule has 3 aromatic rings. The van der Waals surface area contributed by atoms with Crippen molar-refractivity contribution in [2.24, 2.45) is 0 Å². The number of fused-ring (bicyclic) bond motifs is 1. The second-order valence-corrected chi connectivity index (χ2v) is 7.84. The fraction of sp³-hybridized carbons (Fsp3) is 0.333. The molecule has 0 unspecified atom stereocenters. The maximum Gasteiger partial charge on any atom is 0.298 e. The van der Waals surface area contributed by atoms with E-state index in [2.05, 4.69) is 36.2 Å². The molecule has 7 heteroatoms. The highest BCUT2D eigenvalue weighted by atomic mass is 32.1. The van der Waals surface area contributed by atoms with Gasteiger partial charge < -0.3 is 5.32 Å².